The lowest BCUT2D eigenvalue weighted by Crippen LogP contribution is -2.49. The highest BCUT2D eigenvalue weighted by atomic mass is 15.2. The summed E-state index contributed by atoms with van der Waals surface area (Å²) in [6, 6.07) is 2.22. The van der Waals surface area contributed by atoms with E-state index in [-0.39, 0.29) is 0 Å². The maximum absolute atomic E-state index is 3.70. The molecule has 2 rings (SSSR count). The summed E-state index contributed by atoms with van der Waals surface area (Å²) in [5.41, 5.74) is 0. The quantitative estimate of drug-likeness (QED) is 0.770. The van der Waals surface area contributed by atoms with E-state index in [1.165, 1.54) is 45.2 Å². The zero-order chi connectivity index (χ0) is 13.1. The van der Waals surface area contributed by atoms with Gasteiger partial charge in [-0.05, 0) is 70.9 Å². The van der Waals surface area contributed by atoms with E-state index < -0.39 is 0 Å². The minimum atomic E-state index is 0.681. The van der Waals surface area contributed by atoms with Crippen molar-refractivity contribution in [2.24, 2.45) is 11.8 Å². The second kappa shape index (κ2) is 6.38. The van der Waals surface area contributed by atoms with Crippen LogP contribution in [0.2, 0.25) is 0 Å². The number of hydrogen-bond acceptors (Lipinski definition) is 2. The van der Waals surface area contributed by atoms with Crippen LogP contribution in [0.15, 0.2) is 0 Å². The SMILES string of the molecule is CC1CCC(N2CCC(C)NC(C)CC2)C(C)C1. The molecule has 1 aliphatic heterocycles. The molecule has 0 aromatic carbocycles. The van der Waals surface area contributed by atoms with Crippen molar-refractivity contribution in [2.45, 2.75) is 77.9 Å². The van der Waals surface area contributed by atoms with E-state index in [9.17, 15) is 0 Å². The summed E-state index contributed by atoms with van der Waals surface area (Å²) >= 11 is 0. The van der Waals surface area contributed by atoms with Crippen LogP contribution in [0.5, 0.6) is 0 Å². The molecule has 5 unspecified atom stereocenters. The predicted molar refractivity (Wildman–Crippen MR) is 78.8 cm³/mol. The van der Waals surface area contributed by atoms with Gasteiger partial charge in [-0.1, -0.05) is 13.8 Å². The molecule has 1 aliphatic carbocycles. The van der Waals surface area contributed by atoms with Gasteiger partial charge in [-0.2, -0.15) is 0 Å². The molecule has 5 atom stereocenters. The van der Waals surface area contributed by atoms with Gasteiger partial charge in [-0.15, -0.1) is 0 Å². The Bertz CT molecular complexity index is 241. The van der Waals surface area contributed by atoms with Gasteiger partial charge in [0.15, 0.2) is 0 Å². The number of rotatable bonds is 1. The molecule has 0 aromatic rings. The monoisotopic (exact) mass is 252 g/mol. The third kappa shape index (κ3) is 3.71. The molecule has 0 amide bonds. The Morgan fingerprint density at radius 2 is 1.44 bits per heavy atom. The topological polar surface area (TPSA) is 15.3 Å². The standard InChI is InChI=1S/C16H32N2/c1-12-5-6-16(13(2)11-12)18-9-7-14(3)17-15(4)8-10-18/h12-17H,5-11H2,1-4H3. The third-order valence-corrected chi connectivity index (χ3v) is 5.12. The minimum Gasteiger partial charge on any atom is -0.312 e. The molecule has 1 heterocycles. The summed E-state index contributed by atoms with van der Waals surface area (Å²) in [7, 11) is 0. The lowest BCUT2D eigenvalue weighted by molar-refractivity contribution is 0.0791. The van der Waals surface area contributed by atoms with Crippen molar-refractivity contribution in [1.29, 1.82) is 0 Å². The van der Waals surface area contributed by atoms with Crippen LogP contribution < -0.4 is 5.32 Å². The van der Waals surface area contributed by atoms with Crippen molar-refractivity contribution in [3.63, 3.8) is 0 Å². The van der Waals surface area contributed by atoms with Gasteiger partial charge in [0.2, 0.25) is 0 Å². The molecular formula is C16H32N2. The molecule has 106 valence electrons. The van der Waals surface area contributed by atoms with Crippen LogP contribution in [0.25, 0.3) is 0 Å². The first kappa shape index (κ1) is 14.3. The largest absolute Gasteiger partial charge is 0.312 e. The zero-order valence-electron chi connectivity index (χ0n) is 12.8. The fourth-order valence-corrected chi connectivity index (χ4v) is 4.01. The molecule has 1 saturated heterocycles. The fourth-order valence-electron chi connectivity index (χ4n) is 4.01. The van der Waals surface area contributed by atoms with Gasteiger partial charge in [0.1, 0.15) is 0 Å². The highest BCUT2D eigenvalue weighted by molar-refractivity contribution is 4.86. The summed E-state index contributed by atoms with van der Waals surface area (Å²) in [5, 5.41) is 3.70. The molecule has 18 heavy (non-hydrogen) atoms. The minimum absolute atomic E-state index is 0.681. The number of nitrogens with one attached hydrogen (secondary N) is 1. The van der Waals surface area contributed by atoms with Crippen molar-refractivity contribution in [1.82, 2.24) is 10.2 Å². The zero-order valence-corrected chi connectivity index (χ0v) is 12.8. The molecule has 0 radical (unpaired) electrons. The van der Waals surface area contributed by atoms with Crippen molar-refractivity contribution in [3.8, 4) is 0 Å². The Balaban J connectivity index is 1.93. The van der Waals surface area contributed by atoms with Crippen LogP contribution in [0.3, 0.4) is 0 Å². The van der Waals surface area contributed by atoms with E-state index in [1.54, 1.807) is 0 Å². The normalized spacial score (nSPS) is 44.3. The van der Waals surface area contributed by atoms with Crippen LogP contribution in [0, 0.1) is 11.8 Å². The van der Waals surface area contributed by atoms with E-state index in [4.69, 9.17) is 0 Å². The summed E-state index contributed by atoms with van der Waals surface area (Å²) in [6.45, 7) is 12.2. The Morgan fingerprint density at radius 1 is 0.833 bits per heavy atom. The molecule has 2 aliphatic rings. The molecule has 1 N–H and O–H groups in total. The molecule has 2 nitrogen and oxygen atoms in total. The van der Waals surface area contributed by atoms with Gasteiger partial charge in [0, 0.05) is 18.1 Å². The van der Waals surface area contributed by atoms with Crippen LogP contribution in [-0.2, 0) is 0 Å². The van der Waals surface area contributed by atoms with Crippen LogP contribution in [-0.4, -0.2) is 36.1 Å². The summed E-state index contributed by atoms with van der Waals surface area (Å²) in [5.74, 6) is 1.84. The van der Waals surface area contributed by atoms with Crippen molar-refractivity contribution >= 4 is 0 Å². The van der Waals surface area contributed by atoms with E-state index in [0.717, 1.165) is 17.9 Å². The maximum Gasteiger partial charge on any atom is 0.0121 e. The van der Waals surface area contributed by atoms with Gasteiger partial charge in [0.05, 0.1) is 0 Å². The van der Waals surface area contributed by atoms with Gasteiger partial charge in [-0.25, -0.2) is 0 Å². The summed E-state index contributed by atoms with van der Waals surface area (Å²) < 4.78 is 0. The average molecular weight is 252 g/mol. The van der Waals surface area contributed by atoms with Crippen LogP contribution >= 0.6 is 0 Å². The molecular weight excluding hydrogens is 220 g/mol. The van der Waals surface area contributed by atoms with Gasteiger partial charge in [-0.3, -0.25) is 0 Å². The summed E-state index contributed by atoms with van der Waals surface area (Å²) in [6.07, 6.45) is 6.92. The van der Waals surface area contributed by atoms with Gasteiger partial charge in [0.25, 0.3) is 0 Å². The Morgan fingerprint density at radius 3 is 2.00 bits per heavy atom. The molecule has 2 heteroatoms. The average Bonchev–Trinajstić information content (AvgIpc) is 2.28. The highest BCUT2D eigenvalue weighted by Crippen LogP contribution is 2.32. The molecule has 0 spiro atoms. The van der Waals surface area contributed by atoms with Crippen molar-refractivity contribution in [3.05, 3.63) is 0 Å². The molecule has 0 bridgehead atoms. The Labute approximate surface area is 114 Å². The Kier molecular flexibility index (Phi) is 5.08. The maximum atomic E-state index is 3.70. The predicted octanol–water partition coefficient (Wildman–Crippen LogP) is 3.27. The lowest BCUT2D eigenvalue weighted by atomic mass is 9.79. The second-order valence-corrected chi connectivity index (χ2v) is 7.04. The van der Waals surface area contributed by atoms with Gasteiger partial charge >= 0.3 is 0 Å². The number of hydrogen-bond donors (Lipinski definition) is 1. The Hall–Kier alpha value is -0.0800. The van der Waals surface area contributed by atoms with E-state index >= 15 is 0 Å². The first-order valence-electron chi connectivity index (χ1n) is 8.06. The molecule has 1 saturated carbocycles. The fraction of sp³-hybridized carbons (Fsp3) is 1.00. The van der Waals surface area contributed by atoms with E-state index in [0.29, 0.717) is 12.1 Å². The smallest absolute Gasteiger partial charge is 0.0121 e. The molecule has 2 fully saturated rings. The first-order chi connectivity index (χ1) is 8.56. The van der Waals surface area contributed by atoms with Gasteiger partial charge < -0.3 is 10.2 Å². The lowest BCUT2D eigenvalue weighted by Gasteiger charge is -2.42. The van der Waals surface area contributed by atoms with Crippen molar-refractivity contribution in [2.75, 3.05) is 13.1 Å². The van der Waals surface area contributed by atoms with Crippen molar-refractivity contribution < 1.29 is 0 Å². The summed E-state index contributed by atoms with van der Waals surface area (Å²) in [4.78, 5) is 2.81. The first-order valence-corrected chi connectivity index (χ1v) is 8.06. The van der Waals surface area contributed by atoms with Crippen LogP contribution in [0.4, 0.5) is 0 Å². The second-order valence-electron chi connectivity index (χ2n) is 7.04. The van der Waals surface area contributed by atoms with E-state index in [1.807, 2.05) is 0 Å². The van der Waals surface area contributed by atoms with Crippen LogP contribution in [0.1, 0.15) is 59.8 Å². The number of nitrogens with zero attached hydrogens (tertiary/aromatic N) is 1. The van der Waals surface area contributed by atoms with E-state index in [2.05, 4.69) is 37.9 Å². The molecule has 0 aromatic heterocycles. The highest BCUT2D eigenvalue weighted by Gasteiger charge is 2.30. The third-order valence-electron chi connectivity index (χ3n) is 5.12.